The van der Waals surface area contributed by atoms with E-state index in [0.29, 0.717) is 5.69 Å². The van der Waals surface area contributed by atoms with Crippen LogP contribution in [0.2, 0.25) is 0 Å². The van der Waals surface area contributed by atoms with E-state index in [4.69, 9.17) is 0 Å². The van der Waals surface area contributed by atoms with Crippen molar-refractivity contribution < 1.29 is 0 Å². The molecule has 0 aliphatic rings. The Morgan fingerprint density at radius 2 is 0.804 bits per heavy atom. The first-order chi connectivity index (χ1) is 25.2. The molecule has 0 aliphatic heterocycles. The van der Waals surface area contributed by atoms with Gasteiger partial charge in [0.25, 0.3) is 0 Å². The molecule has 2 N–H and O–H groups in total. The average molecular weight is 662 g/mol. The second kappa shape index (κ2) is 13.9. The molecule has 7 heteroatoms. The summed E-state index contributed by atoms with van der Waals surface area (Å²) in [6, 6.07) is 58.5. The Hall–Kier alpha value is -6.99. The molecule has 0 radical (unpaired) electrons. The standard InChI is InChI=1S/C44H35N7/c1-45-41-39(31-23-27-37(28-24-31)50(33-15-7-3-8-16-33)34-17-9-4-10-18-34)43-44(48-49-47-43)40(42(41)46-2)32-25-29-38(30-26-32)51(35-19-11-5-12-20-35)36-21-13-6-14-22-36/h3-30,46H,1H2,2H3,(H,47,48,49). The second-order valence-corrected chi connectivity index (χ2v) is 12.0. The highest BCUT2D eigenvalue weighted by molar-refractivity contribution is 6.13. The van der Waals surface area contributed by atoms with Crippen LogP contribution in [0.25, 0.3) is 33.3 Å². The van der Waals surface area contributed by atoms with Gasteiger partial charge in [0.1, 0.15) is 11.0 Å². The van der Waals surface area contributed by atoms with Gasteiger partial charge in [0.15, 0.2) is 0 Å². The molecule has 51 heavy (non-hydrogen) atoms. The first-order valence-electron chi connectivity index (χ1n) is 16.8. The van der Waals surface area contributed by atoms with Crippen LogP contribution < -0.4 is 15.1 Å². The highest BCUT2D eigenvalue weighted by Crippen LogP contribution is 2.49. The van der Waals surface area contributed by atoms with E-state index in [-0.39, 0.29) is 0 Å². The molecule has 0 atom stereocenters. The molecule has 0 fully saturated rings. The van der Waals surface area contributed by atoms with Gasteiger partial charge in [0.05, 0.1) is 11.4 Å². The van der Waals surface area contributed by atoms with Gasteiger partial charge in [-0.15, -0.1) is 0 Å². The fourth-order valence-electron chi connectivity index (χ4n) is 6.77. The van der Waals surface area contributed by atoms with Crippen molar-refractivity contribution in [2.75, 3.05) is 22.2 Å². The quantitative estimate of drug-likeness (QED) is 0.143. The van der Waals surface area contributed by atoms with E-state index in [0.717, 1.165) is 73.1 Å². The SMILES string of the molecule is C=Nc1c(NC)c(-c2ccc(N(c3ccccc3)c3ccccc3)cc2)c2n[nH]nc2c1-c1ccc(N(c2ccccc2)c2ccccc2)cc1. The maximum atomic E-state index is 4.69. The fourth-order valence-corrected chi connectivity index (χ4v) is 6.77. The minimum Gasteiger partial charge on any atom is -0.386 e. The zero-order valence-corrected chi connectivity index (χ0v) is 28.1. The van der Waals surface area contributed by atoms with Crippen LogP contribution in [0.5, 0.6) is 0 Å². The third-order valence-electron chi connectivity index (χ3n) is 9.04. The first-order valence-corrected chi connectivity index (χ1v) is 16.8. The Morgan fingerprint density at radius 3 is 1.16 bits per heavy atom. The van der Waals surface area contributed by atoms with Gasteiger partial charge in [-0.05, 0) is 90.6 Å². The maximum Gasteiger partial charge on any atom is 0.123 e. The summed E-state index contributed by atoms with van der Waals surface area (Å²) >= 11 is 0. The van der Waals surface area contributed by atoms with Gasteiger partial charge in [0, 0.05) is 52.3 Å². The lowest BCUT2D eigenvalue weighted by molar-refractivity contribution is 0.960. The number of aliphatic imine (C=N–C) groups is 1. The third kappa shape index (κ3) is 5.87. The number of H-pyrrole nitrogens is 1. The molecule has 0 bridgehead atoms. The number of benzene rings is 7. The third-order valence-corrected chi connectivity index (χ3v) is 9.04. The van der Waals surface area contributed by atoms with E-state index in [2.05, 4.69) is 188 Å². The van der Waals surface area contributed by atoms with Crippen molar-refractivity contribution in [2.24, 2.45) is 4.99 Å². The van der Waals surface area contributed by atoms with Gasteiger partial charge in [0.2, 0.25) is 0 Å². The molecule has 0 spiro atoms. The zero-order valence-electron chi connectivity index (χ0n) is 28.1. The number of hydrogen-bond acceptors (Lipinski definition) is 6. The lowest BCUT2D eigenvalue weighted by atomic mass is 9.93. The van der Waals surface area contributed by atoms with Crippen LogP contribution >= 0.6 is 0 Å². The fraction of sp³-hybridized carbons (Fsp3) is 0.0227. The molecular formula is C44H35N7. The topological polar surface area (TPSA) is 72.4 Å². The number of nitrogens with zero attached hydrogens (tertiary/aromatic N) is 5. The highest BCUT2D eigenvalue weighted by Gasteiger charge is 2.24. The molecule has 0 saturated carbocycles. The summed E-state index contributed by atoms with van der Waals surface area (Å²) < 4.78 is 0. The van der Waals surface area contributed by atoms with Gasteiger partial charge in [-0.3, -0.25) is 4.99 Å². The molecular weight excluding hydrogens is 627 g/mol. The zero-order chi connectivity index (χ0) is 34.6. The Labute approximate surface area is 297 Å². The molecule has 1 aromatic heterocycles. The Morgan fingerprint density at radius 1 is 0.471 bits per heavy atom. The van der Waals surface area contributed by atoms with Gasteiger partial charge < -0.3 is 15.1 Å². The van der Waals surface area contributed by atoms with E-state index < -0.39 is 0 Å². The molecule has 0 unspecified atom stereocenters. The molecule has 0 saturated heterocycles. The Balaban J connectivity index is 1.22. The maximum absolute atomic E-state index is 4.69. The minimum atomic E-state index is 0.712. The highest BCUT2D eigenvalue weighted by atomic mass is 15.3. The normalized spacial score (nSPS) is 10.9. The van der Waals surface area contributed by atoms with Crippen LogP contribution in [0.3, 0.4) is 0 Å². The number of hydrogen-bond donors (Lipinski definition) is 2. The predicted octanol–water partition coefficient (Wildman–Crippen LogP) is 11.6. The van der Waals surface area contributed by atoms with Crippen molar-refractivity contribution >= 4 is 63.3 Å². The summed E-state index contributed by atoms with van der Waals surface area (Å²) in [5.41, 5.74) is 13.1. The van der Waals surface area contributed by atoms with Crippen molar-refractivity contribution in [1.82, 2.24) is 15.4 Å². The molecule has 246 valence electrons. The molecule has 8 rings (SSSR count). The average Bonchev–Trinajstić information content (AvgIpc) is 3.69. The summed E-state index contributed by atoms with van der Waals surface area (Å²) in [5, 5.41) is 15.7. The summed E-state index contributed by atoms with van der Waals surface area (Å²) in [5.74, 6) is 0. The predicted molar refractivity (Wildman–Crippen MR) is 213 cm³/mol. The van der Waals surface area contributed by atoms with Crippen molar-refractivity contribution in [3.8, 4) is 22.3 Å². The summed E-state index contributed by atoms with van der Waals surface area (Å²) in [4.78, 5) is 9.08. The van der Waals surface area contributed by atoms with Crippen LogP contribution in [0.15, 0.2) is 175 Å². The van der Waals surface area contributed by atoms with Crippen molar-refractivity contribution in [3.05, 3.63) is 170 Å². The number of aromatic amines is 1. The first kappa shape index (κ1) is 31.3. The minimum absolute atomic E-state index is 0.712. The van der Waals surface area contributed by atoms with E-state index in [9.17, 15) is 0 Å². The number of rotatable bonds is 10. The van der Waals surface area contributed by atoms with E-state index in [1.807, 2.05) is 31.3 Å². The number of anilines is 7. The van der Waals surface area contributed by atoms with Crippen LogP contribution in [0.4, 0.5) is 45.5 Å². The number of aromatic nitrogens is 3. The van der Waals surface area contributed by atoms with Crippen LogP contribution in [0, 0.1) is 0 Å². The van der Waals surface area contributed by atoms with Crippen molar-refractivity contribution in [3.63, 3.8) is 0 Å². The lowest BCUT2D eigenvalue weighted by Crippen LogP contribution is -2.09. The molecule has 7 aromatic carbocycles. The largest absolute Gasteiger partial charge is 0.386 e. The van der Waals surface area contributed by atoms with Gasteiger partial charge >= 0.3 is 0 Å². The smallest absolute Gasteiger partial charge is 0.123 e. The van der Waals surface area contributed by atoms with Gasteiger partial charge in [-0.1, -0.05) is 97.1 Å². The van der Waals surface area contributed by atoms with Gasteiger partial charge in [-0.2, -0.15) is 15.4 Å². The number of nitrogens with one attached hydrogen (secondary N) is 2. The van der Waals surface area contributed by atoms with Crippen LogP contribution in [0.1, 0.15) is 0 Å². The van der Waals surface area contributed by atoms with E-state index in [1.165, 1.54) is 0 Å². The van der Waals surface area contributed by atoms with Crippen LogP contribution in [-0.2, 0) is 0 Å². The lowest BCUT2D eigenvalue weighted by Gasteiger charge is -2.26. The van der Waals surface area contributed by atoms with Crippen molar-refractivity contribution in [2.45, 2.75) is 0 Å². The van der Waals surface area contributed by atoms with Crippen LogP contribution in [-0.4, -0.2) is 29.2 Å². The Bertz CT molecular complexity index is 2310. The van der Waals surface area contributed by atoms with Crippen molar-refractivity contribution in [1.29, 1.82) is 0 Å². The summed E-state index contributed by atoms with van der Waals surface area (Å²) in [6.07, 6.45) is 0. The second-order valence-electron chi connectivity index (χ2n) is 12.0. The van der Waals surface area contributed by atoms with E-state index >= 15 is 0 Å². The molecule has 0 amide bonds. The van der Waals surface area contributed by atoms with E-state index in [1.54, 1.807) is 0 Å². The molecule has 1 heterocycles. The Kier molecular flexibility index (Phi) is 8.50. The molecule has 0 aliphatic carbocycles. The molecule has 7 nitrogen and oxygen atoms in total. The van der Waals surface area contributed by atoms with Gasteiger partial charge in [-0.25, -0.2) is 0 Å². The summed E-state index contributed by atoms with van der Waals surface area (Å²) in [7, 11) is 1.91. The summed E-state index contributed by atoms with van der Waals surface area (Å²) in [6.45, 7) is 4.02. The number of fused-ring (bicyclic) bond motifs is 1. The monoisotopic (exact) mass is 661 g/mol. The number of para-hydroxylation sites is 4. The molecule has 8 aromatic rings.